The van der Waals surface area contributed by atoms with E-state index in [4.69, 9.17) is 4.98 Å². The molecule has 0 radical (unpaired) electrons. The smallest absolute Gasteiger partial charge is 0.319 e. The first-order valence-corrected chi connectivity index (χ1v) is 10.3. The minimum atomic E-state index is -4.33. The van der Waals surface area contributed by atoms with E-state index >= 15 is 0 Å². The van der Waals surface area contributed by atoms with Gasteiger partial charge in [-0.1, -0.05) is 78.9 Å². The number of rotatable bonds is 4. The third kappa shape index (κ3) is 3.89. The largest absolute Gasteiger partial charge is 0.416 e. The molecule has 0 fully saturated rings. The molecule has 4 aromatic carbocycles. The van der Waals surface area contributed by atoms with E-state index in [9.17, 15) is 13.2 Å². The predicted molar refractivity (Wildman–Crippen MR) is 121 cm³/mol. The number of fused-ring (bicyclic) bond motifs is 1. The maximum atomic E-state index is 12.8. The molecular formula is C27H19F3N2. The Bertz CT molecular complexity index is 1350. The van der Waals surface area contributed by atoms with Gasteiger partial charge in [0.15, 0.2) is 0 Å². The summed E-state index contributed by atoms with van der Waals surface area (Å²) in [5.41, 5.74) is 5.05. The quantitative estimate of drug-likeness (QED) is 0.291. The summed E-state index contributed by atoms with van der Waals surface area (Å²) in [5.74, 6) is 0.856. The van der Waals surface area contributed by atoms with Crippen molar-refractivity contribution in [2.24, 2.45) is 0 Å². The zero-order valence-electron chi connectivity index (χ0n) is 17.1. The summed E-state index contributed by atoms with van der Waals surface area (Å²) in [6.07, 6.45) is -4.33. The van der Waals surface area contributed by atoms with Crippen LogP contribution in [0.4, 0.5) is 13.2 Å². The van der Waals surface area contributed by atoms with Crippen molar-refractivity contribution in [3.05, 3.63) is 114 Å². The fourth-order valence-corrected chi connectivity index (χ4v) is 3.89. The number of nitrogens with zero attached hydrogens (tertiary/aromatic N) is 2. The fraction of sp³-hybridized carbons (Fsp3) is 0.0741. The normalized spacial score (nSPS) is 11.7. The van der Waals surface area contributed by atoms with Crippen LogP contribution < -0.4 is 0 Å². The standard InChI is InChI=1S/C27H19F3N2/c28-27(29,30)23-16-14-21(15-17-23)20-10-12-22(13-11-20)26-31-24-8-4-5-9-25(24)32(26)18-19-6-2-1-3-7-19/h1-17H,18H2. The molecule has 0 spiro atoms. The molecule has 0 saturated carbocycles. The summed E-state index contributed by atoms with van der Waals surface area (Å²) in [6, 6.07) is 31.3. The maximum Gasteiger partial charge on any atom is 0.416 e. The highest BCUT2D eigenvalue weighted by Crippen LogP contribution is 2.32. The molecule has 0 saturated heterocycles. The van der Waals surface area contributed by atoms with E-state index in [0.29, 0.717) is 6.54 Å². The van der Waals surface area contributed by atoms with E-state index in [0.717, 1.165) is 45.7 Å². The van der Waals surface area contributed by atoms with E-state index in [1.807, 2.05) is 60.7 Å². The first kappa shape index (κ1) is 20.1. The van der Waals surface area contributed by atoms with Crippen molar-refractivity contribution in [1.29, 1.82) is 0 Å². The van der Waals surface area contributed by atoms with Gasteiger partial charge in [0.1, 0.15) is 5.82 Å². The van der Waals surface area contributed by atoms with Crippen molar-refractivity contribution in [2.75, 3.05) is 0 Å². The van der Waals surface area contributed by atoms with E-state index in [2.05, 4.69) is 22.8 Å². The van der Waals surface area contributed by atoms with E-state index in [-0.39, 0.29) is 0 Å². The van der Waals surface area contributed by atoms with Crippen LogP contribution in [-0.4, -0.2) is 9.55 Å². The zero-order valence-corrected chi connectivity index (χ0v) is 17.1. The first-order chi connectivity index (χ1) is 15.5. The summed E-state index contributed by atoms with van der Waals surface area (Å²) in [4.78, 5) is 4.86. The topological polar surface area (TPSA) is 17.8 Å². The molecule has 5 rings (SSSR count). The van der Waals surface area contributed by atoms with Crippen LogP contribution in [0, 0.1) is 0 Å². The molecule has 5 aromatic rings. The number of alkyl halides is 3. The summed E-state index contributed by atoms with van der Waals surface area (Å²) in [7, 11) is 0. The molecule has 0 atom stereocenters. The average Bonchev–Trinajstić information content (AvgIpc) is 3.18. The summed E-state index contributed by atoms with van der Waals surface area (Å²) >= 11 is 0. The van der Waals surface area contributed by atoms with Gasteiger partial charge in [0, 0.05) is 12.1 Å². The highest BCUT2D eigenvalue weighted by molar-refractivity contribution is 5.81. The van der Waals surface area contributed by atoms with Crippen LogP contribution in [-0.2, 0) is 12.7 Å². The molecule has 0 amide bonds. The van der Waals surface area contributed by atoms with Crippen molar-refractivity contribution in [3.63, 3.8) is 0 Å². The van der Waals surface area contributed by atoms with Crippen LogP contribution in [0.1, 0.15) is 11.1 Å². The molecule has 1 aromatic heterocycles. The van der Waals surface area contributed by atoms with Crippen LogP contribution in [0.15, 0.2) is 103 Å². The Morgan fingerprint density at radius 1 is 0.625 bits per heavy atom. The Morgan fingerprint density at radius 2 is 1.19 bits per heavy atom. The van der Waals surface area contributed by atoms with Crippen molar-refractivity contribution in [3.8, 4) is 22.5 Å². The second-order valence-electron chi connectivity index (χ2n) is 7.65. The van der Waals surface area contributed by atoms with Crippen LogP contribution in [0.5, 0.6) is 0 Å². The van der Waals surface area contributed by atoms with Gasteiger partial charge in [-0.25, -0.2) is 4.98 Å². The van der Waals surface area contributed by atoms with E-state index in [1.54, 1.807) is 0 Å². The number of hydrogen-bond donors (Lipinski definition) is 0. The van der Waals surface area contributed by atoms with Crippen LogP contribution >= 0.6 is 0 Å². The van der Waals surface area contributed by atoms with Gasteiger partial charge in [-0.05, 0) is 41.0 Å². The van der Waals surface area contributed by atoms with Crippen LogP contribution in [0.25, 0.3) is 33.5 Å². The lowest BCUT2D eigenvalue weighted by Crippen LogP contribution is -2.04. The Balaban J connectivity index is 1.51. The third-order valence-corrected chi connectivity index (χ3v) is 5.53. The Morgan fingerprint density at radius 3 is 1.84 bits per heavy atom. The molecule has 0 aliphatic heterocycles. The van der Waals surface area contributed by atoms with Crippen LogP contribution in [0.3, 0.4) is 0 Å². The van der Waals surface area contributed by atoms with Gasteiger partial charge in [0.2, 0.25) is 0 Å². The molecule has 158 valence electrons. The predicted octanol–water partition coefficient (Wildman–Crippen LogP) is 7.44. The third-order valence-electron chi connectivity index (χ3n) is 5.53. The highest BCUT2D eigenvalue weighted by Gasteiger charge is 2.29. The monoisotopic (exact) mass is 428 g/mol. The molecule has 1 heterocycles. The van der Waals surface area contributed by atoms with Gasteiger partial charge in [-0.15, -0.1) is 0 Å². The lowest BCUT2D eigenvalue weighted by Gasteiger charge is -2.11. The van der Waals surface area contributed by atoms with Crippen molar-refractivity contribution < 1.29 is 13.2 Å². The second kappa shape index (κ2) is 8.00. The van der Waals surface area contributed by atoms with Gasteiger partial charge in [0.25, 0.3) is 0 Å². The molecule has 0 unspecified atom stereocenters. The molecule has 0 aliphatic rings. The van der Waals surface area contributed by atoms with Crippen LogP contribution in [0.2, 0.25) is 0 Å². The summed E-state index contributed by atoms with van der Waals surface area (Å²) in [6.45, 7) is 0.692. The molecule has 2 nitrogen and oxygen atoms in total. The minimum Gasteiger partial charge on any atom is -0.319 e. The molecule has 0 N–H and O–H groups in total. The molecular weight excluding hydrogens is 409 g/mol. The van der Waals surface area contributed by atoms with Crippen molar-refractivity contribution >= 4 is 11.0 Å². The maximum absolute atomic E-state index is 12.8. The number of benzene rings is 4. The highest BCUT2D eigenvalue weighted by atomic mass is 19.4. The fourth-order valence-electron chi connectivity index (χ4n) is 3.89. The van der Waals surface area contributed by atoms with Gasteiger partial charge in [0.05, 0.1) is 16.6 Å². The van der Waals surface area contributed by atoms with Gasteiger partial charge in [-0.3, -0.25) is 0 Å². The summed E-state index contributed by atoms with van der Waals surface area (Å²) < 4.78 is 40.7. The van der Waals surface area contributed by atoms with Crippen molar-refractivity contribution in [2.45, 2.75) is 12.7 Å². The molecule has 0 bridgehead atoms. The van der Waals surface area contributed by atoms with Gasteiger partial charge in [-0.2, -0.15) is 13.2 Å². The van der Waals surface area contributed by atoms with E-state index < -0.39 is 11.7 Å². The Labute approximate surface area is 183 Å². The molecule has 0 aliphatic carbocycles. The Hall–Kier alpha value is -3.86. The first-order valence-electron chi connectivity index (χ1n) is 10.3. The van der Waals surface area contributed by atoms with Gasteiger partial charge < -0.3 is 4.57 Å². The SMILES string of the molecule is FC(F)(F)c1ccc(-c2ccc(-c3nc4ccccc4n3Cc3ccccc3)cc2)cc1. The van der Waals surface area contributed by atoms with Gasteiger partial charge >= 0.3 is 6.18 Å². The lowest BCUT2D eigenvalue weighted by molar-refractivity contribution is -0.137. The Kier molecular flexibility index (Phi) is 5.02. The number of halogens is 3. The zero-order chi connectivity index (χ0) is 22.1. The number of para-hydroxylation sites is 2. The molecule has 32 heavy (non-hydrogen) atoms. The summed E-state index contributed by atoms with van der Waals surface area (Å²) in [5, 5.41) is 0. The lowest BCUT2D eigenvalue weighted by atomic mass is 10.0. The number of aromatic nitrogens is 2. The van der Waals surface area contributed by atoms with Crippen molar-refractivity contribution in [1.82, 2.24) is 9.55 Å². The second-order valence-corrected chi connectivity index (χ2v) is 7.65. The number of hydrogen-bond acceptors (Lipinski definition) is 1. The average molecular weight is 428 g/mol. The number of imidazole rings is 1. The minimum absolute atomic E-state index is 0.646. The van der Waals surface area contributed by atoms with E-state index in [1.165, 1.54) is 17.7 Å². The molecule has 5 heteroatoms.